The van der Waals surface area contributed by atoms with Crippen LogP contribution in [0.3, 0.4) is 0 Å². The van der Waals surface area contributed by atoms with Gasteiger partial charge < -0.3 is 0 Å². The van der Waals surface area contributed by atoms with Crippen LogP contribution in [0, 0.1) is 5.82 Å². The number of hydrogen-bond acceptors (Lipinski definition) is 2. The molecular formula is C11H7BrFNS. The Hall–Kier alpha value is -0.870. The molecule has 0 aliphatic heterocycles. The second-order valence-corrected chi connectivity index (χ2v) is 4.77. The Balaban J connectivity index is 2.26. The summed E-state index contributed by atoms with van der Waals surface area (Å²) in [6.07, 6.45) is 1.71. The van der Waals surface area contributed by atoms with E-state index in [0.717, 1.165) is 14.4 Å². The Morgan fingerprint density at radius 1 is 1.20 bits per heavy atom. The van der Waals surface area contributed by atoms with Crippen LogP contribution in [0.1, 0.15) is 0 Å². The number of nitrogens with zero attached hydrogens (tertiary/aromatic N) is 1. The molecule has 0 N–H and O–H groups in total. The fourth-order valence-corrected chi connectivity index (χ4v) is 2.41. The summed E-state index contributed by atoms with van der Waals surface area (Å²) in [5.74, 6) is -0.230. The van der Waals surface area contributed by atoms with Gasteiger partial charge in [0.15, 0.2) is 0 Å². The minimum atomic E-state index is -0.230. The number of benzene rings is 1. The van der Waals surface area contributed by atoms with Crippen LogP contribution < -0.4 is 0 Å². The van der Waals surface area contributed by atoms with Crippen LogP contribution in [-0.2, 0) is 0 Å². The van der Waals surface area contributed by atoms with Crippen molar-refractivity contribution in [1.82, 2.24) is 4.98 Å². The van der Waals surface area contributed by atoms with Crippen LogP contribution in [0.15, 0.2) is 57.0 Å². The average Bonchev–Trinajstić information content (AvgIpc) is 2.22. The highest BCUT2D eigenvalue weighted by Crippen LogP contribution is 2.31. The molecule has 4 heteroatoms. The first-order valence-electron chi connectivity index (χ1n) is 4.29. The first-order chi connectivity index (χ1) is 7.25. The SMILES string of the molecule is Fc1cccc(Sc2ncccc2Br)c1. The molecule has 1 aromatic heterocycles. The second-order valence-electron chi connectivity index (χ2n) is 2.85. The molecule has 1 aromatic carbocycles. The smallest absolute Gasteiger partial charge is 0.124 e. The van der Waals surface area contributed by atoms with Crippen molar-refractivity contribution in [2.24, 2.45) is 0 Å². The second kappa shape index (κ2) is 4.77. The standard InChI is InChI=1S/C11H7BrFNS/c12-10-5-2-6-14-11(10)15-9-4-1-3-8(13)7-9/h1-7H. The summed E-state index contributed by atoms with van der Waals surface area (Å²) in [5.41, 5.74) is 0. The summed E-state index contributed by atoms with van der Waals surface area (Å²) in [6.45, 7) is 0. The van der Waals surface area contributed by atoms with Crippen molar-refractivity contribution in [3.05, 3.63) is 52.9 Å². The molecule has 2 aromatic rings. The third-order valence-electron chi connectivity index (χ3n) is 1.74. The largest absolute Gasteiger partial charge is 0.248 e. The highest BCUT2D eigenvalue weighted by atomic mass is 79.9. The van der Waals surface area contributed by atoms with Crippen LogP contribution in [0.4, 0.5) is 4.39 Å². The molecule has 15 heavy (non-hydrogen) atoms. The molecule has 0 unspecified atom stereocenters. The first kappa shape index (κ1) is 10.6. The zero-order valence-electron chi connectivity index (χ0n) is 7.65. The van der Waals surface area contributed by atoms with E-state index in [1.807, 2.05) is 18.2 Å². The van der Waals surface area contributed by atoms with Crippen molar-refractivity contribution in [1.29, 1.82) is 0 Å². The molecule has 0 saturated heterocycles. The lowest BCUT2D eigenvalue weighted by Crippen LogP contribution is -1.81. The summed E-state index contributed by atoms with van der Waals surface area (Å²) >= 11 is 4.83. The van der Waals surface area contributed by atoms with Gasteiger partial charge in [-0.1, -0.05) is 17.8 Å². The normalized spacial score (nSPS) is 10.3. The Bertz CT molecular complexity index is 476. The van der Waals surface area contributed by atoms with Crippen molar-refractivity contribution in [2.75, 3.05) is 0 Å². The van der Waals surface area contributed by atoms with Gasteiger partial charge in [-0.3, -0.25) is 0 Å². The molecule has 0 spiro atoms. The van der Waals surface area contributed by atoms with Crippen LogP contribution in [-0.4, -0.2) is 4.98 Å². The predicted octanol–water partition coefficient (Wildman–Crippen LogP) is 4.13. The van der Waals surface area contributed by atoms with Crippen LogP contribution >= 0.6 is 27.7 Å². The van der Waals surface area contributed by atoms with E-state index < -0.39 is 0 Å². The number of aromatic nitrogens is 1. The Kier molecular flexibility index (Phi) is 3.38. The van der Waals surface area contributed by atoms with Crippen LogP contribution in [0.2, 0.25) is 0 Å². The quantitative estimate of drug-likeness (QED) is 0.822. The number of halogens is 2. The molecule has 2 rings (SSSR count). The van der Waals surface area contributed by atoms with Gasteiger partial charge in [0.1, 0.15) is 10.8 Å². The van der Waals surface area contributed by atoms with E-state index in [1.54, 1.807) is 12.3 Å². The Labute approximate surface area is 99.9 Å². The lowest BCUT2D eigenvalue weighted by Gasteiger charge is -2.02. The van der Waals surface area contributed by atoms with Gasteiger partial charge in [0, 0.05) is 11.1 Å². The molecule has 0 amide bonds. The lowest BCUT2D eigenvalue weighted by molar-refractivity contribution is 0.624. The van der Waals surface area contributed by atoms with Gasteiger partial charge in [-0.15, -0.1) is 0 Å². The van der Waals surface area contributed by atoms with Crippen molar-refractivity contribution in [3.63, 3.8) is 0 Å². The Morgan fingerprint density at radius 2 is 2.07 bits per heavy atom. The third-order valence-corrected chi connectivity index (χ3v) is 3.65. The molecule has 0 radical (unpaired) electrons. The fourth-order valence-electron chi connectivity index (χ4n) is 1.09. The van der Waals surface area contributed by atoms with Gasteiger partial charge in [0.25, 0.3) is 0 Å². The maximum absolute atomic E-state index is 12.9. The first-order valence-corrected chi connectivity index (χ1v) is 5.90. The summed E-state index contributed by atoms with van der Waals surface area (Å²) in [7, 11) is 0. The third kappa shape index (κ3) is 2.79. The van der Waals surface area contributed by atoms with E-state index in [2.05, 4.69) is 20.9 Å². The number of hydrogen-bond donors (Lipinski definition) is 0. The maximum Gasteiger partial charge on any atom is 0.124 e. The van der Waals surface area contributed by atoms with Crippen LogP contribution in [0.25, 0.3) is 0 Å². The Morgan fingerprint density at radius 3 is 2.80 bits per heavy atom. The zero-order chi connectivity index (χ0) is 10.7. The highest BCUT2D eigenvalue weighted by Gasteiger charge is 2.03. The molecule has 0 saturated carbocycles. The van der Waals surface area contributed by atoms with Crippen molar-refractivity contribution in [3.8, 4) is 0 Å². The van der Waals surface area contributed by atoms with E-state index in [4.69, 9.17) is 0 Å². The van der Waals surface area contributed by atoms with Gasteiger partial charge in [-0.25, -0.2) is 9.37 Å². The minimum Gasteiger partial charge on any atom is -0.248 e. The van der Waals surface area contributed by atoms with Gasteiger partial charge in [-0.05, 0) is 46.3 Å². The summed E-state index contributed by atoms with van der Waals surface area (Å²) in [5, 5.41) is 0.836. The molecule has 0 aliphatic rings. The molecule has 0 aliphatic carbocycles. The average molecular weight is 284 g/mol. The zero-order valence-corrected chi connectivity index (χ0v) is 10.1. The summed E-state index contributed by atoms with van der Waals surface area (Å²) in [4.78, 5) is 5.04. The lowest BCUT2D eigenvalue weighted by atomic mass is 10.4. The molecular weight excluding hydrogens is 277 g/mol. The molecule has 0 fully saturated rings. The molecule has 1 nitrogen and oxygen atoms in total. The van der Waals surface area contributed by atoms with Gasteiger partial charge in [0.2, 0.25) is 0 Å². The molecule has 76 valence electrons. The summed E-state index contributed by atoms with van der Waals surface area (Å²) < 4.78 is 13.8. The molecule has 1 heterocycles. The summed E-state index contributed by atoms with van der Waals surface area (Å²) in [6, 6.07) is 10.2. The fraction of sp³-hybridized carbons (Fsp3) is 0. The van der Waals surface area contributed by atoms with E-state index in [1.165, 1.54) is 23.9 Å². The predicted molar refractivity (Wildman–Crippen MR) is 62.5 cm³/mol. The topological polar surface area (TPSA) is 12.9 Å². The van der Waals surface area contributed by atoms with E-state index >= 15 is 0 Å². The van der Waals surface area contributed by atoms with Gasteiger partial charge in [0.05, 0.1) is 4.47 Å². The van der Waals surface area contributed by atoms with Crippen LogP contribution in [0.5, 0.6) is 0 Å². The van der Waals surface area contributed by atoms with Crippen molar-refractivity contribution < 1.29 is 4.39 Å². The van der Waals surface area contributed by atoms with E-state index in [9.17, 15) is 4.39 Å². The van der Waals surface area contributed by atoms with Crippen molar-refractivity contribution >= 4 is 27.7 Å². The van der Waals surface area contributed by atoms with Gasteiger partial charge >= 0.3 is 0 Å². The van der Waals surface area contributed by atoms with E-state index in [0.29, 0.717) is 0 Å². The van der Waals surface area contributed by atoms with Gasteiger partial charge in [-0.2, -0.15) is 0 Å². The number of pyridine rings is 1. The minimum absolute atomic E-state index is 0.230. The molecule has 0 bridgehead atoms. The number of rotatable bonds is 2. The monoisotopic (exact) mass is 283 g/mol. The molecule has 0 atom stereocenters. The van der Waals surface area contributed by atoms with Crippen molar-refractivity contribution in [2.45, 2.75) is 9.92 Å². The maximum atomic E-state index is 12.9. The van der Waals surface area contributed by atoms with E-state index in [-0.39, 0.29) is 5.82 Å². The highest BCUT2D eigenvalue weighted by molar-refractivity contribution is 9.10.